The molecule has 2 aromatic carbocycles. The summed E-state index contributed by atoms with van der Waals surface area (Å²) in [5.41, 5.74) is 2.07. The highest BCUT2D eigenvalue weighted by atomic mass is 19.1. The van der Waals surface area contributed by atoms with Gasteiger partial charge >= 0.3 is 0 Å². The molecule has 0 saturated heterocycles. The third-order valence-corrected chi connectivity index (χ3v) is 8.81. The van der Waals surface area contributed by atoms with Gasteiger partial charge in [0, 0.05) is 35.4 Å². The van der Waals surface area contributed by atoms with Crippen molar-refractivity contribution in [3.05, 3.63) is 67.0 Å². The molecule has 4 rings (SSSR count). The van der Waals surface area contributed by atoms with Crippen LogP contribution in [0.25, 0.3) is 10.9 Å². The van der Waals surface area contributed by atoms with E-state index in [0.29, 0.717) is 23.8 Å². The lowest BCUT2D eigenvalue weighted by Gasteiger charge is -2.58. The van der Waals surface area contributed by atoms with Gasteiger partial charge in [-0.25, -0.2) is 14.4 Å². The lowest BCUT2D eigenvalue weighted by Crippen LogP contribution is -2.63. The summed E-state index contributed by atoms with van der Waals surface area (Å²) in [5, 5.41) is 11.0. The van der Waals surface area contributed by atoms with Crippen LogP contribution in [0.5, 0.6) is 5.75 Å². The van der Waals surface area contributed by atoms with Gasteiger partial charge in [-0.2, -0.15) is 5.10 Å². The predicted octanol–water partition coefficient (Wildman–Crippen LogP) is 7.68. The first-order valence-electron chi connectivity index (χ1n) is 15.7. The molecule has 0 spiro atoms. The second kappa shape index (κ2) is 13.9. The molecule has 2 aromatic heterocycles. The van der Waals surface area contributed by atoms with Gasteiger partial charge in [0.05, 0.1) is 24.0 Å². The average Bonchev–Trinajstić information content (AvgIpc) is 3.39. The number of rotatable bonds is 13. The number of nitrogens with zero attached hydrogens (tertiary/aromatic N) is 5. The smallest absolute Gasteiger partial charge is 0.246 e. The van der Waals surface area contributed by atoms with Crippen molar-refractivity contribution in [3.63, 3.8) is 0 Å². The van der Waals surface area contributed by atoms with Crippen LogP contribution in [0, 0.1) is 16.6 Å². The van der Waals surface area contributed by atoms with Crippen molar-refractivity contribution in [1.29, 1.82) is 0 Å². The number of carbonyl (C=O) groups excluding carboxylic acids is 1. The van der Waals surface area contributed by atoms with E-state index in [1.165, 1.54) is 23.1 Å². The van der Waals surface area contributed by atoms with Crippen LogP contribution in [0.2, 0.25) is 0 Å². The van der Waals surface area contributed by atoms with Crippen molar-refractivity contribution in [2.75, 3.05) is 30.3 Å². The molecule has 0 aliphatic heterocycles. The van der Waals surface area contributed by atoms with Crippen LogP contribution in [0.15, 0.2) is 61.2 Å². The second-order valence-corrected chi connectivity index (χ2v) is 13.8. The molecule has 242 valence electrons. The molecule has 2 N–H and O–H groups in total. The normalized spacial score (nSPS) is 12.5. The van der Waals surface area contributed by atoms with Gasteiger partial charge in [-0.1, -0.05) is 54.5 Å². The molecule has 0 bridgehead atoms. The first kappa shape index (κ1) is 33.8. The molecule has 1 amide bonds. The zero-order valence-corrected chi connectivity index (χ0v) is 27.9. The minimum atomic E-state index is -0.414. The topological polar surface area (TPSA) is 97.2 Å². The van der Waals surface area contributed by atoms with Gasteiger partial charge in [0.15, 0.2) is 0 Å². The maximum absolute atomic E-state index is 13.4. The molecule has 0 aliphatic carbocycles. The summed E-state index contributed by atoms with van der Waals surface area (Å²) in [7, 11) is 0. The number of halogens is 1. The van der Waals surface area contributed by atoms with Gasteiger partial charge in [-0.3, -0.25) is 14.4 Å². The van der Waals surface area contributed by atoms with Crippen LogP contribution < -0.4 is 15.4 Å². The summed E-state index contributed by atoms with van der Waals surface area (Å²) < 4.78 is 21.1. The number of ether oxygens (including phenoxy) is 1. The van der Waals surface area contributed by atoms with Gasteiger partial charge in [0.25, 0.3) is 0 Å². The van der Waals surface area contributed by atoms with Crippen LogP contribution in [-0.4, -0.2) is 55.8 Å². The minimum Gasteiger partial charge on any atom is -0.493 e. The Hall–Kier alpha value is -4.05. The number of benzene rings is 2. The van der Waals surface area contributed by atoms with E-state index in [-0.39, 0.29) is 28.8 Å². The average molecular weight is 618 g/mol. The molecule has 10 heteroatoms. The minimum absolute atomic E-state index is 0.0189. The molecule has 2 heterocycles. The van der Waals surface area contributed by atoms with Gasteiger partial charge in [-0.15, -0.1) is 0 Å². The van der Waals surface area contributed by atoms with Crippen molar-refractivity contribution in [3.8, 4) is 5.75 Å². The summed E-state index contributed by atoms with van der Waals surface area (Å²) in [6, 6.07) is 11.6. The molecular formula is C35H48FN7O2. The van der Waals surface area contributed by atoms with E-state index < -0.39 is 5.82 Å². The number of fused-ring (bicyclic) bond motifs is 1. The molecule has 0 unspecified atom stereocenters. The monoisotopic (exact) mass is 617 g/mol. The lowest BCUT2D eigenvalue weighted by molar-refractivity contribution is -0.116. The maximum Gasteiger partial charge on any atom is 0.246 e. The summed E-state index contributed by atoms with van der Waals surface area (Å²) in [5.74, 6) is 0.656. The molecule has 0 fully saturated rings. The Morgan fingerprint density at radius 2 is 1.73 bits per heavy atom. The van der Waals surface area contributed by atoms with Crippen molar-refractivity contribution in [2.45, 2.75) is 80.3 Å². The molecule has 0 aliphatic rings. The molecule has 45 heavy (non-hydrogen) atoms. The van der Waals surface area contributed by atoms with Crippen LogP contribution in [-0.2, 0) is 11.3 Å². The van der Waals surface area contributed by atoms with E-state index in [2.05, 4.69) is 86.0 Å². The maximum atomic E-state index is 13.4. The van der Waals surface area contributed by atoms with E-state index in [9.17, 15) is 9.18 Å². The van der Waals surface area contributed by atoms with Crippen LogP contribution >= 0.6 is 0 Å². The Balaban J connectivity index is 1.36. The third-order valence-electron chi connectivity index (χ3n) is 8.81. The fourth-order valence-corrected chi connectivity index (χ4v) is 6.14. The van der Waals surface area contributed by atoms with Gasteiger partial charge in [-0.05, 0) is 67.5 Å². The fraction of sp³-hybridized carbons (Fsp3) is 0.486. The first-order chi connectivity index (χ1) is 21.2. The summed E-state index contributed by atoms with van der Waals surface area (Å²) in [6.07, 6.45) is 6.86. The standard InChI is InChI=1S/C35H48FN7O2/c1-9-16-42(35(8,33(2,3)4)34(5,6)7)17-11-18-45-28-14-15-29-30(20-28)37-24-38-32(29)41-27-21-39-43(22-27)23-31(44)40-26-13-10-12-25(36)19-26/h10,12-15,19-22,24H,9,11,16-18,23H2,1-8H3,(H,40,44)(H,37,38,41). The molecule has 9 nitrogen and oxygen atoms in total. The summed E-state index contributed by atoms with van der Waals surface area (Å²) in [6.45, 7) is 21.3. The second-order valence-electron chi connectivity index (χ2n) is 13.8. The zero-order valence-electron chi connectivity index (χ0n) is 27.9. The number of hydrogen-bond donors (Lipinski definition) is 2. The van der Waals surface area contributed by atoms with E-state index >= 15 is 0 Å². The molecule has 4 aromatic rings. The number of aromatic nitrogens is 4. The van der Waals surface area contributed by atoms with E-state index in [1.807, 2.05) is 18.2 Å². The fourth-order valence-electron chi connectivity index (χ4n) is 6.14. The van der Waals surface area contributed by atoms with Gasteiger partial charge in [0.2, 0.25) is 5.91 Å². The van der Waals surface area contributed by atoms with Crippen molar-refractivity contribution >= 4 is 34.0 Å². The highest BCUT2D eigenvalue weighted by Crippen LogP contribution is 2.48. The Morgan fingerprint density at radius 3 is 2.42 bits per heavy atom. The molecule has 0 atom stereocenters. The highest BCUT2D eigenvalue weighted by molar-refractivity contribution is 5.92. The van der Waals surface area contributed by atoms with E-state index in [0.717, 1.165) is 42.6 Å². The summed E-state index contributed by atoms with van der Waals surface area (Å²) >= 11 is 0. The highest BCUT2D eigenvalue weighted by Gasteiger charge is 2.50. The number of anilines is 3. The predicted molar refractivity (Wildman–Crippen MR) is 179 cm³/mol. The van der Waals surface area contributed by atoms with Crippen molar-refractivity contribution in [1.82, 2.24) is 24.6 Å². The Morgan fingerprint density at radius 1 is 0.978 bits per heavy atom. The molecular weight excluding hydrogens is 569 g/mol. The molecule has 0 radical (unpaired) electrons. The third kappa shape index (κ3) is 8.16. The van der Waals surface area contributed by atoms with Crippen LogP contribution in [0.4, 0.5) is 21.6 Å². The van der Waals surface area contributed by atoms with E-state index in [1.54, 1.807) is 24.5 Å². The van der Waals surface area contributed by atoms with Gasteiger partial charge in [0.1, 0.15) is 30.3 Å². The Kier molecular flexibility index (Phi) is 10.5. The first-order valence-corrected chi connectivity index (χ1v) is 15.7. The number of hydrogen-bond acceptors (Lipinski definition) is 7. The Bertz CT molecular complexity index is 1570. The van der Waals surface area contributed by atoms with E-state index in [4.69, 9.17) is 4.74 Å². The largest absolute Gasteiger partial charge is 0.493 e. The van der Waals surface area contributed by atoms with Crippen LogP contribution in [0.3, 0.4) is 0 Å². The molecule has 0 saturated carbocycles. The number of amides is 1. The van der Waals surface area contributed by atoms with Crippen molar-refractivity contribution < 1.29 is 13.9 Å². The quantitative estimate of drug-likeness (QED) is 0.149. The zero-order chi connectivity index (χ0) is 32.8. The van der Waals surface area contributed by atoms with Crippen LogP contribution in [0.1, 0.15) is 68.2 Å². The van der Waals surface area contributed by atoms with Gasteiger partial charge < -0.3 is 15.4 Å². The van der Waals surface area contributed by atoms with Crippen molar-refractivity contribution in [2.24, 2.45) is 10.8 Å². The Labute approximate surface area is 266 Å². The summed E-state index contributed by atoms with van der Waals surface area (Å²) in [4.78, 5) is 23.9. The lowest BCUT2D eigenvalue weighted by atomic mass is 9.60. The SMILES string of the molecule is CCCN(CCCOc1ccc2c(Nc3cnn(CC(=O)Nc4cccc(F)c4)c3)ncnc2c1)C(C)(C(C)(C)C)C(C)(C)C. The number of carbonyl (C=O) groups is 1. The number of nitrogens with one attached hydrogen (secondary N) is 2.